The Hall–Kier alpha value is -5.93. The average Bonchev–Trinajstić information content (AvgIpc) is 3.67. The maximum atomic E-state index is 14.1. The van der Waals surface area contributed by atoms with Crippen LogP contribution in [0.4, 0.5) is 5.82 Å². The van der Waals surface area contributed by atoms with Gasteiger partial charge in [-0.25, -0.2) is 19.7 Å². The highest BCUT2D eigenvalue weighted by molar-refractivity contribution is 8.00. The van der Waals surface area contributed by atoms with Crippen LogP contribution in [0.25, 0.3) is 11.2 Å². The SMILES string of the molecule is C=CCN(CCSCCC(=O)N(CCSC(c1ccccc1)(c1ccccc1)c1ccccc1)CCn1cnc2c(N)ncnc21)C(=O)Cn1cc(C)c(=O)[nH]c1=O. The normalized spacial score (nSPS) is 11.4. The first-order chi connectivity index (χ1) is 28.2. The monoisotopic (exact) mass is 817 g/mol. The van der Waals surface area contributed by atoms with Gasteiger partial charge in [0.25, 0.3) is 5.56 Å². The minimum Gasteiger partial charge on any atom is -0.382 e. The van der Waals surface area contributed by atoms with Gasteiger partial charge < -0.3 is 20.1 Å². The number of carbonyl (C=O) groups excluding carboxylic acids is 2. The quantitative estimate of drug-likeness (QED) is 0.0612. The Morgan fingerprint density at radius 3 is 2.05 bits per heavy atom. The lowest BCUT2D eigenvalue weighted by Crippen LogP contribution is -2.40. The van der Waals surface area contributed by atoms with Crippen LogP contribution in [0.1, 0.15) is 28.7 Å². The molecule has 0 unspecified atom stereocenters. The largest absolute Gasteiger partial charge is 0.382 e. The van der Waals surface area contributed by atoms with Crippen molar-refractivity contribution in [1.29, 1.82) is 0 Å². The van der Waals surface area contributed by atoms with E-state index in [9.17, 15) is 19.2 Å². The van der Waals surface area contributed by atoms with E-state index in [0.717, 1.165) is 16.7 Å². The second kappa shape index (κ2) is 20.0. The number of rotatable bonds is 20. The van der Waals surface area contributed by atoms with E-state index in [1.807, 2.05) is 39.4 Å². The Morgan fingerprint density at radius 2 is 1.43 bits per heavy atom. The van der Waals surface area contributed by atoms with Crippen molar-refractivity contribution in [2.75, 3.05) is 49.2 Å². The number of benzene rings is 3. The number of aromatic amines is 1. The Labute approximate surface area is 345 Å². The van der Waals surface area contributed by atoms with Gasteiger partial charge in [-0.05, 0) is 23.6 Å². The maximum absolute atomic E-state index is 14.1. The zero-order valence-corrected chi connectivity index (χ0v) is 34.0. The summed E-state index contributed by atoms with van der Waals surface area (Å²) in [5.74, 6) is 1.83. The van der Waals surface area contributed by atoms with E-state index in [-0.39, 0.29) is 18.4 Å². The maximum Gasteiger partial charge on any atom is 0.328 e. The van der Waals surface area contributed by atoms with Crippen LogP contribution in [0, 0.1) is 6.92 Å². The number of nitrogens with zero attached hydrogens (tertiary/aromatic N) is 7. The van der Waals surface area contributed by atoms with Gasteiger partial charge in [0.2, 0.25) is 11.8 Å². The number of anilines is 1. The van der Waals surface area contributed by atoms with E-state index < -0.39 is 16.0 Å². The summed E-state index contributed by atoms with van der Waals surface area (Å²) in [5.41, 5.74) is 9.88. The lowest BCUT2D eigenvalue weighted by atomic mass is 9.84. The molecule has 3 aromatic carbocycles. The second-order valence-electron chi connectivity index (χ2n) is 13.6. The summed E-state index contributed by atoms with van der Waals surface area (Å²) in [4.78, 5) is 69.9. The zero-order chi connectivity index (χ0) is 40.9. The van der Waals surface area contributed by atoms with Gasteiger partial charge in [0.15, 0.2) is 11.5 Å². The molecule has 3 N–H and O–H groups in total. The molecule has 2 amide bonds. The summed E-state index contributed by atoms with van der Waals surface area (Å²) in [6.07, 6.45) is 6.42. The fourth-order valence-corrected chi connectivity index (χ4v) is 9.18. The molecule has 6 aromatic rings. The number of carbonyl (C=O) groups is 2. The second-order valence-corrected chi connectivity index (χ2v) is 16.1. The van der Waals surface area contributed by atoms with E-state index in [1.165, 1.54) is 17.1 Å². The smallest absolute Gasteiger partial charge is 0.328 e. The molecule has 3 aromatic heterocycles. The Morgan fingerprint density at radius 1 is 0.810 bits per heavy atom. The molecule has 0 saturated heterocycles. The first kappa shape index (κ1) is 41.7. The van der Waals surface area contributed by atoms with E-state index in [1.54, 1.807) is 36.0 Å². The van der Waals surface area contributed by atoms with Crippen molar-refractivity contribution in [2.24, 2.45) is 0 Å². The Kier molecular flexibility index (Phi) is 14.4. The van der Waals surface area contributed by atoms with Crippen LogP contribution in [0.5, 0.6) is 0 Å². The predicted molar refractivity (Wildman–Crippen MR) is 233 cm³/mol. The Balaban J connectivity index is 1.15. The lowest BCUT2D eigenvalue weighted by Gasteiger charge is -2.36. The van der Waals surface area contributed by atoms with Crippen LogP contribution in [-0.4, -0.2) is 94.1 Å². The van der Waals surface area contributed by atoms with Crippen LogP contribution in [-0.2, 0) is 27.4 Å². The number of H-pyrrole nitrogens is 1. The molecule has 0 bridgehead atoms. The minimum absolute atomic E-state index is 0.0169. The molecular formula is C43H47N9O4S2. The molecule has 0 fully saturated rings. The van der Waals surface area contributed by atoms with Crippen molar-refractivity contribution in [3.8, 4) is 0 Å². The van der Waals surface area contributed by atoms with E-state index in [4.69, 9.17) is 5.73 Å². The van der Waals surface area contributed by atoms with Crippen molar-refractivity contribution in [2.45, 2.75) is 31.2 Å². The van der Waals surface area contributed by atoms with Gasteiger partial charge in [0.05, 0.1) is 11.1 Å². The van der Waals surface area contributed by atoms with Crippen molar-refractivity contribution in [3.05, 3.63) is 166 Å². The van der Waals surface area contributed by atoms with E-state index >= 15 is 0 Å². The van der Waals surface area contributed by atoms with Gasteiger partial charge in [-0.3, -0.25) is 23.9 Å². The predicted octanol–water partition coefficient (Wildman–Crippen LogP) is 4.96. The highest BCUT2D eigenvalue weighted by Gasteiger charge is 2.37. The third-order valence-corrected chi connectivity index (χ3v) is 12.3. The molecule has 0 aliphatic rings. The summed E-state index contributed by atoms with van der Waals surface area (Å²) in [7, 11) is 0. The van der Waals surface area contributed by atoms with Gasteiger partial charge in [-0.1, -0.05) is 97.1 Å². The number of thioether (sulfide) groups is 2. The lowest BCUT2D eigenvalue weighted by molar-refractivity contribution is -0.131. The van der Waals surface area contributed by atoms with Gasteiger partial charge in [0.1, 0.15) is 18.4 Å². The number of amides is 2. The zero-order valence-electron chi connectivity index (χ0n) is 32.4. The molecule has 3 heterocycles. The average molecular weight is 818 g/mol. The number of aryl methyl sites for hydroxylation is 1. The summed E-state index contributed by atoms with van der Waals surface area (Å²) in [6, 6.07) is 31.5. The number of nitrogen functional groups attached to an aromatic ring is 1. The molecular weight excluding hydrogens is 771 g/mol. The number of nitrogens with two attached hydrogens (primary N) is 1. The van der Waals surface area contributed by atoms with Gasteiger partial charge >= 0.3 is 5.69 Å². The van der Waals surface area contributed by atoms with Crippen molar-refractivity contribution < 1.29 is 9.59 Å². The van der Waals surface area contributed by atoms with Crippen molar-refractivity contribution in [1.82, 2.24) is 38.9 Å². The van der Waals surface area contributed by atoms with Crippen LogP contribution >= 0.6 is 23.5 Å². The molecule has 0 aliphatic carbocycles. The standard InChI is InChI=1S/C43H47N9O4S2/c1-3-20-49(37(54)29-52-28-32(2)41(55)48-42(52)56)23-26-57-25-19-36(53)50(21-22-51-31-47-38-39(44)45-30-46-40(38)51)24-27-58-43(33-13-7-4-8-14-33,34-15-9-5-10-16-34)35-17-11-6-12-18-35/h3-18,28,30-31H,1,19-27,29H2,2H3,(H2,44,45,46)(H,48,55,56). The highest BCUT2D eigenvalue weighted by atomic mass is 32.2. The van der Waals surface area contributed by atoms with E-state index in [2.05, 4.69) is 99.3 Å². The molecule has 0 saturated carbocycles. The van der Waals surface area contributed by atoms with Crippen molar-refractivity contribution >= 4 is 52.3 Å². The molecule has 0 atom stereocenters. The number of hydrogen-bond donors (Lipinski definition) is 2. The van der Waals surface area contributed by atoms with E-state index in [0.29, 0.717) is 78.9 Å². The van der Waals surface area contributed by atoms with Crippen LogP contribution in [0.2, 0.25) is 0 Å². The highest BCUT2D eigenvalue weighted by Crippen LogP contribution is 2.48. The fraction of sp³-hybridized carbons (Fsp3) is 0.279. The fourth-order valence-electron chi connectivity index (χ4n) is 6.78. The van der Waals surface area contributed by atoms with Crippen molar-refractivity contribution in [3.63, 3.8) is 0 Å². The molecule has 0 aliphatic heterocycles. The Bertz CT molecular complexity index is 2330. The molecule has 300 valence electrons. The third kappa shape index (κ3) is 9.95. The number of aromatic nitrogens is 6. The van der Waals surface area contributed by atoms with Gasteiger partial charge in [-0.2, -0.15) is 11.8 Å². The number of imidazole rings is 1. The topological polar surface area (TPSA) is 165 Å². The van der Waals surface area contributed by atoms with Crippen LogP contribution < -0.4 is 17.0 Å². The molecule has 0 radical (unpaired) electrons. The molecule has 15 heteroatoms. The summed E-state index contributed by atoms with van der Waals surface area (Å²) >= 11 is 3.39. The molecule has 6 rings (SSSR count). The van der Waals surface area contributed by atoms with Crippen LogP contribution in [0.3, 0.4) is 0 Å². The molecule has 13 nitrogen and oxygen atoms in total. The first-order valence-corrected chi connectivity index (χ1v) is 21.1. The first-order valence-electron chi connectivity index (χ1n) is 19.0. The molecule has 58 heavy (non-hydrogen) atoms. The van der Waals surface area contributed by atoms with Crippen LogP contribution in [0.15, 0.2) is 132 Å². The number of hydrogen-bond acceptors (Lipinski definition) is 10. The molecule has 0 spiro atoms. The minimum atomic E-state index is -0.636. The number of fused-ring (bicyclic) bond motifs is 1. The van der Waals surface area contributed by atoms with Gasteiger partial charge in [0, 0.05) is 68.2 Å². The van der Waals surface area contributed by atoms with Gasteiger partial charge in [-0.15, -0.1) is 18.3 Å². The summed E-state index contributed by atoms with van der Waals surface area (Å²) in [5, 5.41) is 0. The summed E-state index contributed by atoms with van der Waals surface area (Å²) < 4.78 is 2.57. The third-order valence-electron chi connectivity index (χ3n) is 9.78. The summed E-state index contributed by atoms with van der Waals surface area (Å²) in [6.45, 7) is 7.26. The number of nitrogens with one attached hydrogen (secondary N) is 1.